The molecule has 0 bridgehead atoms. The van der Waals surface area contributed by atoms with Gasteiger partial charge in [-0.1, -0.05) is 6.07 Å². The molecule has 2 heterocycles. The molecular weight excluding hydrogens is 342 g/mol. The van der Waals surface area contributed by atoms with Crippen molar-refractivity contribution in [2.45, 2.75) is 12.8 Å². The average molecular weight is 359 g/mol. The lowest BCUT2D eigenvalue weighted by Crippen LogP contribution is -2.34. The van der Waals surface area contributed by atoms with Crippen molar-refractivity contribution in [3.8, 4) is 11.5 Å². The van der Waals surface area contributed by atoms with Crippen molar-refractivity contribution in [2.24, 2.45) is 0 Å². The summed E-state index contributed by atoms with van der Waals surface area (Å²) in [5.41, 5.74) is 0.00998. The molecule has 3 rings (SSSR count). The van der Waals surface area contributed by atoms with Crippen LogP contribution in [0.15, 0.2) is 39.1 Å². The van der Waals surface area contributed by atoms with Gasteiger partial charge in [-0.15, -0.1) is 0 Å². The zero-order valence-corrected chi connectivity index (χ0v) is 14.3. The highest BCUT2D eigenvalue weighted by atomic mass is 16.5. The first-order valence-electron chi connectivity index (χ1n) is 7.66. The molecule has 1 atom stereocenters. The molecule has 0 fully saturated rings. The van der Waals surface area contributed by atoms with Crippen molar-refractivity contribution in [3.63, 3.8) is 0 Å². The summed E-state index contributed by atoms with van der Waals surface area (Å²) in [5.74, 6) is -1.15. The van der Waals surface area contributed by atoms with Crippen LogP contribution < -0.4 is 21.3 Å². The van der Waals surface area contributed by atoms with Crippen LogP contribution >= 0.6 is 0 Å². The molecule has 1 aliphatic rings. The zero-order valence-electron chi connectivity index (χ0n) is 14.3. The van der Waals surface area contributed by atoms with Crippen LogP contribution in [0, 0.1) is 0 Å². The van der Waals surface area contributed by atoms with E-state index in [4.69, 9.17) is 9.47 Å². The number of rotatable bonds is 3. The fourth-order valence-electron chi connectivity index (χ4n) is 3.07. The van der Waals surface area contributed by atoms with Crippen LogP contribution in [-0.2, 0) is 9.53 Å². The number of aromatic amines is 2. The van der Waals surface area contributed by atoms with Gasteiger partial charge in [-0.3, -0.25) is 14.8 Å². The molecule has 136 valence electrons. The Morgan fingerprint density at radius 1 is 1.19 bits per heavy atom. The second-order valence-electron chi connectivity index (χ2n) is 5.72. The maximum atomic E-state index is 12.5. The number of allylic oxidation sites excluding steroid dienone is 1. The van der Waals surface area contributed by atoms with Crippen molar-refractivity contribution < 1.29 is 19.4 Å². The standard InChI is InChI=1S/C17H17N3O6/c1-7-11(16(23)26-3)12(8-4-5-9(21)10(6-8)25-2)13-14(18-7)19-17(24)20-15(13)22/h4-6,12,21H,1-3H3,(H3,18,19,20,22,24). The maximum absolute atomic E-state index is 12.5. The van der Waals surface area contributed by atoms with E-state index in [9.17, 15) is 19.5 Å². The molecule has 1 aliphatic heterocycles. The number of carbonyl (C=O) groups is 1. The molecule has 2 aromatic rings. The van der Waals surface area contributed by atoms with Gasteiger partial charge in [0, 0.05) is 5.70 Å². The van der Waals surface area contributed by atoms with E-state index in [1.54, 1.807) is 13.0 Å². The first-order valence-corrected chi connectivity index (χ1v) is 7.66. The van der Waals surface area contributed by atoms with E-state index in [2.05, 4.69) is 15.3 Å². The summed E-state index contributed by atoms with van der Waals surface area (Å²) in [4.78, 5) is 41.2. The average Bonchev–Trinajstić information content (AvgIpc) is 2.60. The van der Waals surface area contributed by atoms with E-state index in [-0.39, 0.29) is 28.5 Å². The van der Waals surface area contributed by atoms with Gasteiger partial charge in [0.25, 0.3) is 5.56 Å². The quantitative estimate of drug-likeness (QED) is 0.595. The molecule has 4 N–H and O–H groups in total. The number of H-pyrrole nitrogens is 2. The lowest BCUT2D eigenvalue weighted by atomic mass is 9.82. The van der Waals surface area contributed by atoms with Gasteiger partial charge in [0.1, 0.15) is 5.82 Å². The summed E-state index contributed by atoms with van der Waals surface area (Å²) in [6.07, 6.45) is 0. The van der Waals surface area contributed by atoms with Crippen LogP contribution in [-0.4, -0.2) is 35.3 Å². The summed E-state index contributed by atoms with van der Waals surface area (Å²) in [7, 11) is 2.63. The van der Waals surface area contributed by atoms with Gasteiger partial charge in [-0.25, -0.2) is 9.59 Å². The molecule has 9 nitrogen and oxygen atoms in total. The first kappa shape index (κ1) is 17.3. The minimum Gasteiger partial charge on any atom is -0.504 e. The summed E-state index contributed by atoms with van der Waals surface area (Å²) < 4.78 is 9.99. The Hall–Kier alpha value is -3.49. The van der Waals surface area contributed by atoms with Gasteiger partial charge in [-0.2, -0.15) is 0 Å². The largest absolute Gasteiger partial charge is 0.504 e. The zero-order chi connectivity index (χ0) is 19.0. The maximum Gasteiger partial charge on any atom is 0.336 e. The van der Waals surface area contributed by atoms with Crippen LogP contribution in [0.2, 0.25) is 0 Å². The molecule has 26 heavy (non-hydrogen) atoms. The van der Waals surface area contributed by atoms with E-state index in [1.165, 1.54) is 26.4 Å². The fourth-order valence-corrected chi connectivity index (χ4v) is 3.07. The Bertz CT molecular complexity index is 1030. The van der Waals surface area contributed by atoms with Gasteiger partial charge in [0.15, 0.2) is 11.5 Å². The molecule has 1 aromatic carbocycles. The Balaban J connectivity index is 2.33. The molecular formula is C17H17N3O6. The first-order chi connectivity index (χ1) is 12.4. The molecule has 1 unspecified atom stereocenters. The number of anilines is 1. The van der Waals surface area contributed by atoms with Crippen molar-refractivity contribution in [1.82, 2.24) is 9.97 Å². The highest BCUT2D eigenvalue weighted by molar-refractivity contribution is 5.94. The summed E-state index contributed by atoms with van der Waals surface area (Å²) in [5, 5.41) is 12.7. The number of hydrogen-bond acceptors (Lipinski definition) is 7. The number of phenolic OH excluding ortho intramolecular Hbond substituents is 1. The number of aromatic hydroxyl groups is 1. The van der Waals surface area contributed by atoms with E-state index in [0.717, 1.165) is 0 Å². The van der Waals surface area contributed by atoms with Crippen LogP contribution in [0.1, 0.15) is 24.0 Å². The molecule has 0 spiro atoms. The predicted molar refractivity (Wildman–Crippen MR) is 92.5 cm³/mol. The number of benzene rings is 1. The lowest BCUT2D eigenvalue weighted by Gasteiger charge is -2.28. The van der Waals surface area contributed by atoms with Crippen LogP contribution in [0.25, 0.3) is 0 Å². The van der Waals surface area contributed by atoms with Gasteiger partial charge in [0.2, 0.25) is 0 Å². The second kappa shape index (κ2) is 6.43. The lowest BCUT2D eigenvalue weighted by molar-refractivity contribution is -0.136. The van der Waals surface area contributed by atoms with Gasteiger partial charge in [-0.05, 0) is 24.6 Å². The highest BCUT2D eigenvalue weighted by Crippen LogP contribution is 2.41. The SMILES string of the molecule is COC(=O)C1=C(C)Nc2[nH]c(=O)[nH]c(=O)c2C1c1ccc(O)c(OC)c1. The summed E-state index contributed by atoms with van der Waals surface area (Å²) >= 11 is 0. The number of esters is 1. The third-order valence-electron chi connectivity index (χ3n) is 4.22. The third-order valence-corrected chi connectivity index (χ3v) is 4.22. The normalized spacial score (nSPS) is 15.9. The number of ether oxygens (including phenoxy) is 2. The number of methoxy groups -OCH3 is 2. The van der Waals surface area contributed by atoms with Gasteiger partial charge < -0.3 is 19.9 Å². The van der Waals surface area contributed by atoms with Crippen molar-refractivity contribution in [1.29, 1.82) is 0 Å². The Morgan fingerprint density at radius 3 is 2.58 bits per heavy atom. The highest BCUT2D eigenvalue weighted by Gasteiger charge is 2.36. The smallest absolute Gasteiger partial charge is 0.336 e. The molecule has 0 aliphatic carbocycles. The minimum atomic E-state index is -0.825. The van der Waals surface area contributed by atoms with Crippen LogP contribution in [0.4, 0.5) is 5.82 Å². The van der Waals surface area contributed by atoms with Crippen molar-refractivity contribution in [2.75, 3.05) is 19.5 Å². The van der Waals surface area contributed by atoms with E-state index in [1.807, 2.05) is 0 Å². The van der Waals surface area contributed by atoms with E-state index < -0.39 is 23.1 Å². The Kier molecular flexibility index (Phi) is 4.29. The molecule has 0 saturated carbocycles. The Labute approximate surface area is 147 Å². The Morgan fingerprint density at radius 2 is 1.92 bits per heavy atom. The van der Waals surface area contributed by atoms with Crippen LogP contribution in [0.3, 0.4) is 0 Å². The molecule has 1 aromatic heterocycles. The van der Waals surface area contributed by atoms with Crippen LogP contribution in [0.5, 0.6) is 11.5 Å². The number of hydrogen-bond donors (Lipinski definition) is 4. The van der Waals surface area contributed by atoms with Crippen molar-refractivity contribution >= 4 is 11.8 Å². The van der Waals surface area contributed by atoms with Gasteiger partial charge in [0.05, 0.1) is 31.3 Å². The molecule has 0 saturated heterocycles. The fraction of sp³-hybridized carbons (Fsp3) is 0.235. The minimum absolute atomic E-state index is 0.0823. The number of aromatic nitrogens is 2. The summed E-state index contributed by atoms with van der Waals surface area (Å²) in [6.45, 7) is 1.64. The molecule has 0 radical (unpaired) electrons. The van der Waals surface area contributed by atoms with E-state index >= 15 is 0 Å². The topological polar surface area (TPSA) is 134 Å². The predicted octanol–water partition coefficient (Wildman–Crippen LogP) is 0.782. The monoisotopic (exact) mass is 359 g/mol. The summed E-state index contributed by atoms with van der Waals surface area (Å²) in [6, 6.07) is 4.49. The van der Waals surface area contributed by atoms with E-state index in [0.29, 0.717) is 11.3 Å². The second-order valence-corrected chi connectivity index (χ2v) is 5.72. The number of nitrogens with one attached hydrogen (secondary N) is 3. The van der Waals surface area contributed by atoms with Crippen molar-refractivity contribution in [3.05, 3.63) is 61.4 Å². The number of phenols is 1. The molecule has 9 heteroatoms. The van der Waals surface area contributed by atoms with Gasteiger partial charge >= 0.3 is 11.7 Å². The molecule has 0 amide bonds. The third kappa shape index (κ3) is 2.73. The number of fused-ring (bicyclic) bond motifs is 1. The number of carbonyl (C=O) groups excluding carboxylic acids is 1.